The predicted molar refractivity (Wildman–Crippen MR) is 62.0 cm³/mol. The number of nitrogens with one attached hydrogen (secondary N) is 2. The molecule has 96 valence electrons. The fraction of sp³-hybridized carbons (Fsp3) is 0.900. The Bertz CT molecular complexity index is 313. The van der Waals surface area contributed by atoms with E-state index >= 15 is 0 Å². The van der Waals surface area contributed by atoms with Crippen LogP contribution in [-0.2, 0) is 4.74 Å². The molecule has 0 aromatic rings. The number of aliphatic hydroxyl groups is 1. The molecule has 0 aromatic carbocycles. The molecule has 2 saturated heterocycles. The smallest absolute Gasteiger partial charge is 0.132 e. The lowest BCUT2D eigenvalue weighted by molar-refractivity contribution is -0.0586. The van der Waals surface area contributed by atoms with Gasteiger partial charge in [0.2, 0.25) is 0 Å². The third-order valence-corrected chi connectivity index (χ3v) is 3.66. The van der Waals surface area contributed by atoms with Crippen molar-refractivity contribution in [3.8, 4) is 0 Å². The van der Waals surface area contributed by atoms with Gasteiger partial charge in [0.05, 0.1) is 25.2 Å². The summed E-state index contributed by atoms with van der Waals surface area (Å²) in [6, 6.07) is 0.0283. The fourth-order valence-corrected chi connectivity index (χ4v) is 2.69. The molecule has 7 nitrogen and oxygen atoms in total. The highest BCUT2D eigenvalue weighted by molar-refractivity contribution is 5.59. The Balaban J connectivity index is 1.67. The highest BCUT2D eigenvalue weighted by Gasteiger charge is 2.42. The first-order valence-electron chi connectivity index (χ1n) is 6.09. The molecule has 0 bridgehead atoms. The zero-order valence-electron chi connectivity index (χ0n) is 9.62. The number of ether oxygens (including phenoxy) is 1. The van der Waals surface area contributed by atoms with Gasteiger partial charge in [0, 0.05) is 6.67 Å². The van der Waals surface area contributed by atoms with Gasteiger partial charge in [0.25, 0.3) is 0 Å². The number of fused-ring (bicyclic) bond motifs is 1. The Morgan fingerprint density at radius 2 is 2.35 bits per heavy atom. The van der Waals surface area contributed by atoms with Crippen molar-refractivity contribution in [3.63, 3.8) is 0 Å². The van der Waals surface area contributed by atoms with Gasteiger partial charge in [0.15, 0.2) is 0 Å². The van der Waals surface area contributed by atoms with E-state index in [-0.39, 0.29) is 37.3 Å². The second-order valence-electron chi connectivity index (χ2n) is 4.73. The van der Waals surface area contributed by atoms with E-state index < -0.39 is 0 Å². The summed E-state index contributed by atoms with van der Waals surface area (Å²) in [4.78, 5) is 6.51. The first kappa shape index (κ1) is 11.4. The van der Waals surface area contributed by atoms with Gasteiger partial charge in [-0.2, -0.15) is 0 Å². The van der Waals surface area contributed by atoms with Gasteiger partial charge in [-0.25, -0.2) is 0 Å². The zero-order valence-corrected chi connectivity index (χ0v) is 9.62. The van der Waals surface area contributed by atoms with E-state index in [0.29, 0.717) is 6.67 Å². The number of aliphatic hydroxyl groups excluding tert-OH is 1. The number of hydrogen-bond donors (Lipinski definition) is 4. The normalized spacial score (nSPS) is 45.3. The van der Waals surface area contributed by atoms with Gasteiger partial charge >= 0.3 is 0 Å². The van der Waals surface area contributed by atoms with Crippen LogP contribution >= 0.6 is 0 Å². The van der Waals surface area contributed by atoms with Crippen molar-refractivity contribution in [2.75, 3.05) is 13.3 Å². The molecule has 0 amide bonds. The van der Waals surface area contributed by atoms with Crippen molar-refractivity contribution >= 4 is 6.34 Å². The van der Waals surface area contributed by atoms with Crippen LogP contribution in [-0.4, -0.2) is 60.3 Å². The highest BCUT2D eigenvalue weighted by atomic mass is 16.5. The maximum Gasteiger partial charge on any atom is 0.132 e. The largest absolute Gasteiger partial charge is 0.394 e. The highest BCUT2D eigenvalue weighted by Crippen LogP contribution is 2.27. The van der Waals surface area contributed by atoms with E-state index in [9.17, 15) is 0 Å². The number of aliphatic imine (C=N–C) groups is 1. The molecule has 5 atom stereocenters. The van der Waals surface area contributed by atoms with Crippen molar-refractivity contribution in [3.05, 3.63) is 0 Å². The van der Waals surface area contributed by atoms with E-state index in [4.69, 9.17) is 15.6 Å². The van der Waals surface area contributed by atoms with Crippen LogP contribution in [0.5, 0.6) is 0 Å². The summed E-state index contributed by atoms with van der Waals surface area (Å²) in [6.45, 7) is 0.766. The number of rotatable bonds is 2. The van der Waals surface area contributed by atoms with Gasteiger partial charge in [-0.3, -0.25) is 15.6 Å². The van der Waals surface area contributed by atoms with Crippen LogP contribution in [0.25, 0.3) is 0 Å². The van der Waals surface area contributed by atoms with Crippen LogP contribution in [0.2, 0.25) is 0 Å². The summed E-state index contributed by atoms with van der Waals surface area (Å²) in [5.41, 5.74) is 5.96. The van der Waals surface area contributed by atoms with E-state index in [1.165, 1.54) is 0 Å². The van der Waals surface area contributed by atoms with E-state index in [2.05, 4.69) is 20.5 Å². The molecule has 3 unspecified atom stereocenters. The summed E-state index contributed by atoms with van der Waals surface area (Å²) in [5.74, 6) is 0. The number of hydrogen-bond acceptors (Lipinski definition) is 7. The first-order valence-corrected chi connectivity index (χ1v) is 6.09. The van der Waals surface area contributed by atoms with Crippen LogP contribution in [0.15, 0.2) is 4.99 Å². The molecule has 0 spiro atoms. The van der Waals surface area contributed by atoms with Crippen molar-refractivity contribution in [1.82, 2.24) is 15.5 Å². The minimum Gasteiger partial charge on any atom is -0.394 e. The third-order valence-electron chi connectivity index (χ3n) is 3.66. The molecule has 0 saturated carbocycles. The second-order valence-corrected chi connectivity index (χ2v) is 4.73. The summed E-state index contributed by atoms with van der Waals surface area (Å²) >= 11 is 0. The monoisotopic (exact) mass is 241 g/mol. The molecule has 3 heterocycles. The van der Waals surface area contributed by atoms with Gasteiger partial charge in [0.1, 0.15) is 18.4 Å². The lowest BCUT2D eigenvalue weighted by atomic mass is 10.1. The van der Waals surface area contributed by atoms with E-state index in [1.54, 1.807) is 0 Å². The summed E-state index contributed by atoms with van der Waals surface area (Å²) < 4.78 is 5.76. The molecule has 3 rings (SSSR count). The molecule has 5 N–H and O–H groups in total. The van der Waals surface area contributed by atoms with Gasteiger partial charge in [-0.15, -0.1) is 0 Å². The number of nitrogens with zero attached hydrogens (tertiary/aromatic N) is 2. The lowest BCUT2D eigenvalue weighted by Gasteiger charge is -2.38. The fourth-order valence-electron chi connectivity index (χ4n) is 2.69. The molecule has 0 aromatic heterocycles. The Morgan fingerprint density at radius 3 is 3.12 bits per heavy atom. The van der Waals surface area contributed by atoms with Gasteiger partial charge in [-0.1, -0.05) is 0 Å². The maximum absolute atomic E-state index is 9.08. The average molecular weight is 241 g/mol. The van der Waals surface area contributed by atoms with Crippen LogP contribution < -0.4 is 16.4 Å². The summed E-state index contributed by atoms with van der Waals surface area (Å²) in [6.07, 6.45) is 3.59. The Hall–Kier alpha value is -0.730. The van der Waals surface area contributed by atoms with Crippen LogP contribution in [0.4, 0.5) is 0 Å². The van der Waals surface area contributed by atoms with Gasteiger partial charge in [-0.05, 0) is 12.8 Å². The zero-order chi connectivity index (χ0) is 11.8. The molecule has 17 heavy (non-hydrogen) atoms. The summed E-state index contributed by atoms with van der Waals surface area (Å²) in [7, 11) is 0. The molecule has 2 fully saturated rings. The molecule has 3 aliphatic heterocycles. The second kappa shape index (κ2) is 4.51. The quantitative estimate of drug-likeness (QED) is 0.445. The standard InChI is InChI=1S/C10H19N5O2/c11-9-8-10(13-4-12-9)15(5-14-8)7-2-1-6(3-16)17-7/h5-10,12-13,16H,1-4,11H2/t6-,7+,8?,9?,10?/m0/s1. The van der Waals surface area contributed by atoms with Crippen molar-refractivity contribution < 1.29 is 9.84 Å². The molecule has 7 heteroatoms. The minimum absolute atomic E-state index is 0.00343. The van der Waals surface area contributed by atoms with Crippen LogP contribution in [0.1, 0.15) is 12.8 Å². The lowest BCUT2D eigenvalue weighted by Crippen LogP contribution is -2.66. The van der Waals surface area contributed by atoms with Crippen LogP contribution in [0, 0.1) is 0 Å². The van der Waals surface area contributed by atoms with Crippen molar-refractivity contribution in [2.45, 2.75) is 43.5 Å². The van der Waals surface area contributed by atoms with E-state index in [0.717, 1.165) is 12.8 Å². The molecule has 3 aliphatic rings. The summed E-state index contributed by atoms with van der Waals surface area (Å²) in [5, 5.41) is 15.5. The van der Waals surface area contributed by atoms with Crippen LogP contribution in [0.3, 0.4) is 0 Å². The third kappa shape index (κ3) is 1.94. The minimum atomic E-state index is -0.113. The SMILES string of the molecule is NC1NCNC2C1N=CN2[C@H]1CC[C@@H](CO)O1. The van der Waals surface area contributed by atoms with Crippen molar-refractivity contribution in [2.24, 2.45) is 10.7 Å². The van der Waals surface area contributed by atoms with E-state index in [1.807, 2.05) is 6.34 Å². The molecular weight excluding hydrogens is 222 g/mol. The van der Waals surface area contributed by atoms with Crippen molar-refractivity contribution in [1.29, 1.82) is 0 Å². The molecule has 0 aliphatic carbocycles. The first-order chi connectivity index (χ1) is 8.29. The Morgan fingerprint density at radius 1 is 1.47 bits per heavy atom. The maximum atomic E-state index is 9.08. The Labute approximate surface area is 100 Å². The topological polar surface area (TPSA) is 95.1 Å². The predicted octanol–water partition coefficient (Wildman–Crippen LogP) is -2.04. The average Bonchev–Trinajstić information content (AvgIpc) is 2.94. The Kier molecular flexibility index (Phi) is 3.01. The van der Waals surface area contributed by atoms with Gasteiger partial charge < -0.3 is 20.5 Å². The molecular formula is C10H19N5O2. The molecule has 0 radical (unpaired) electrons. The number of nitrogens with two attached hydrogens (primary N) is 1.